The highest BCUT2D eigenvalue weighted by Gasteiger charge is 2.20. The number of aliphatic carboxylic acids is 1. The molecule has 5 nitrogen and oxygen atoms in total. The fourth-order valence-corrected chi connectivity index (χ4v) is 1.13. The van der Waals surface area contributed by atoms with Crippen molar-refractivity contribution in [1.29, 1.82) is 0 Å². The van der Waals surface area contributed by atoms with E-state index in [0.717, 1.165) is 25.1 Å². The molecule has 82 valence electrons. The molecule has 0 spiro atoms. The standard InChI is InChI=1S/C10H15N3O2/c1-2-3-4-7(9-12-13-9)5-6-8(11)10(14)15/h7-8H,2-4,11H2,1H3,(H,12,13)(H,14,15). The van der Waals surface area contributed by atoms with E-state index in [1.807, 2.05) is 0 Å². The number of hydrazone groups is 1. The maximum absolute atomic E-state index is 10.4. The zero-order valence-electron chi connectivity index (χ0n) is 8.66. The second kappa shape index (κ2) is 5.37. The Morgan fingerprint density at radius 2 is 2.33 bits per heavy atom. The smallest absolute Gasteiger partial charge is 0.333 e. The molecule has 5 heteroatoms. The number of carbonyl (C=O) groups is 1. The minimum absolute atomic E-state index is 0.00958. The topological polar surface area (TPSA) is 97.6 Å². The molecule has 15 heavy (non-hydrogen) atoms. The van der Waals surface area contributed by atoms with Crippen molar-refractivity contribution in [3.8, 4) is 11.8 Å². The number of rotatable bonds is 5. The van der Waals surface area contributed by atoms with Crippen molar-refractivity contribution in [3.05, 3.63) is 0 Å². The van der Waals surface area contributed by atoms with Crippen molar-refractivity contribution in [2.45, 2.75) is 32.2 Å². The van der Waals surface area contributed by atoms with Gasteiger partial charge in [-0.25, -0.2) is 4.79 Å². The highest BCUT2D eigenvalue weighted by molar-refractivity contribution is 5.95. The molecule has 4 N–H and O–H groups in total. The molecule has 0 aromatic rings. The van der Waals surface area contributed by atoms with Gasteiger partial charge in [0.15, 0.2) is 11.9 Å². The van der Waals surface area contributed by atoms with E-state index in [2.05, 4.69) is 29.3 Å². The van der Waals surface area contributed by atoms with Crippen molar-refractivity contribution in [1.82, 2.24) is 5.43 Å². The van der Waals surface area contributed by atoms with Crippen molar-refractivity contribution in [3.63, 3.8) is 0 Å². The molecule has 1 heterocycles. The quantitative estimate of drug-likeness (QED) is 0.560. The van der Waals surface area contributed by atoms with Gasteiger partial charge in [-0.1, -0.05) is 31.6 Å². The van der Waals surface area contributed by atoms with E-state index < -0.39 is 12.0 Å². The Balaban J connectivity index is 2.49. The first kappa shape index (κ1) is 11.5. The van der Waals surface area contributed by atoms with Crippen molar-refractivity contribution in [2.24, 2.45) is 16.8 Å². The fraction of sp³-hybridized carbons (Fsp3) is 0.600. The number of nitrogens with zero attached hydrogens (tertiary/aromatic N) is 1. The largest absolute Gasteiger partial charge is 0.479 e. The van der Waals surface area contributed by atoms with Crippen LogP contribution < -0.4 is 11.2 Å². The zero-order chi connectivity index (χ0) is 11.3. The third-order valence-corrected chi connectivity index (χ3v) is 2.10. The van der Waals surface area contributed by atoms with Crippen LogP contribution in [0.25, 0.3) is 0 Å². The summed E-state index contributed by atoms with van der Waals surface area (Å²) in [5, 5.41) is 12.4. The van der Waals surface area contributed by atoms with Gasteiger partial charge < -0.3 is 10.8 Å². The normalized spacial score (nSPS) is 16.5. The molecule has 0 saturated carbocycles. The van der Waals surface area contributed by atoms with Crippen LogP contribution in [-0.2, 0) is 4.79 Å². The Morgan fingerprint density at radius 1 is 1.67 bits per heavy atom. The van der Waals surface area contributed by atoms with Crippen LogP contribution >= 0.6 is 0 Å². The summed E-state index contributed by atoms with van der Waals surface area (Å²) in [5.41, 5.74) is 8.03. The molecule has 0 bridgehead atoms. The van der Waals surface area contributed by atoms with Crippen LogP contribution in [-0.4, -0.2) is 23.0 Å². The van der Waals surface area contributed by atoms with Gasteiger partial charge >= 0.3 is 5.97 Å². The van der Waals surface area contributed by atoms with E-state index >= 15 is 0 Å². The summed E-state index contributed by atoms with van der Waals surface area (Å²) in [5.74, 6) is 5.12. The third-order valence-electron chi connectivity index (χ3n) is 2.10. The minimum Gasteiger partial charge on any atom is -0.479 e. The van der Waals surface area contributed by atoms with E-state index in [0.29, 0.717) is 0 Å². The average Bonchev–Trinajstić information content (AvgIpc) is 3.01. The van der Waals surface area contributed by atoms with Gasteiger partial charge in [-0.3, -0.25) is 5.43 Å². The predicted octanol–water partition coefficient (Wildman–Crippen LogP) is 0.125. The van der Waals surface area contributed by atoms with E-state index in [1.165, 1.54) is 0 Å². The maximum Gasteiger partial charge on any atom is 0.333 e. The van der Waals surface area contributed by atoms with Gasteiger partial charge in [-0.15, -0.1) is 0 Å². The lowest BCUT2D eigenvalue weighted by Gasteiger charge is -2.02. The summed E-state index contributed by atoms with van der Waals surface area (Å²) in [6, 6.07) is -1.10. The number of amidine groups is 1. The Morgan fingerprint density at radius 3 is 2.80 bits per heavy atom. The Kier molecular flexibility index (Phi) is 4.13. The Hall–Kier alpha value is -1.54. The number of nitrogens with one attached hydrogen (secondary N) is 1. The number of carboxylic acid groups (broad SMARTS) is 1. The monoisotopic (exact) mass is 209 g/mol. The SMILES string of the molecule is CCCCC(C#CC(N)C(=O)O)C1=NN1. The van der Waals surface area contributed by atoms with E-state index in [1.54, 1.807) is 0 Å². The molecule has 0 amide bonds. The van der Waals surface area contributed by atoms with Crippen LogP contribution in [0.4, 0.5) is 0 Å². The lowest BCUT2D eigenvalue weighted by molar-refractivity contribution is -0.137. The average molecular weight is 209 g/mol. The van der Waals surface area contributed by atoms with Gasteiger partial charge in [-0.2, -0.15) is 5.10 Å². The summed E-state index contributed by atoms with van der Waals surface area (Å²) >= 11 is 0. The summed E-state index contributed by atoms with van der Waals surface area (Å²) in [4.78, 5) is 10.4. The van der Waals surface area contributed by atoms with Crippen molar-refractivity contribution in [2.75, 3.05) is 0 Å². The van der Waals surface area contributed by atoms with Gasteiger partial charge in [0, 0.05) is 0 Å². The van der Waals surface area contributed by atoms with Crippen LogP contribution in [0.1, 0.15) is 26.2 Å². The molecule has 0 saturated heterocycles. The van der Waals surface area contributed by atoms with Crippen molar-refractivity contribution < 1.29 is 9.90 Å². The number of hydrogen-bond acceptors (Lipinski definition) is 4. The Labute approximate surface area is 88.7 Å². The van der Waals surface area contributed by atoms with Gasteiger partial charge in [0.1, 0.15) is 0 Å². The molecule has 0 aliphatic carbocycles. The van der Waals surface area contributed by atoms with Gasteiger partial charge in [0.25, 0.3) is 0 Å². The molecule has 0 aromatic carbocycles. The van der Waals surface area contributed by atoms with Crippen LogP contribution in [0.15, 0.2) is 5.10 Å². The van der Waals surface area contributed by atoms with Crippen LogP contribution in [0.2, 0.25) is 0 Å². The highest BCUT2D eigenvalue weighted by Crippen LogP contribution is 2.12. The molecular weight excluding hydrogens is 194 g/mol. The third kappa shape index (κ3) is 4.00. The predicted molar refractivity (Wildman–Crippen MR) is 57.0 cm³/mol. The molecule has 1 rings (SSSR count). The van der Waals surface area contributed by atoms with E-state index in [4.69, 9.17) is 10.8 Å². The first-order valence-corrected chi connectivity index (χ1v) is 4.98. The fourth-order valence-electron chi connectivity index (χ4n) is 1.13. The molecular formula is C10H15N3O2. The first-order valence-electron chi connectivity index (χ1n) is 4.98. The second-order valence-corrected chi connectivity index (χ2v) is 3.41. The number of nitrogens with two attached hydrogens (primary N) is 1. The lowest BCUT2D eigenvalue weighted by atomic mass is 10.0. The summed E-state index contributed by atoms with van der Waals surface area (Å²) in [6.07, 6.45) is 3.01. The van der Waals surface area contributed by atoms with E-state index in [9.17, 15) is 4.79 Å². The number of unbranched alkanes of at least 4 members (excludes halogenated alkanes) is 1. The van der Waals surface area contributed by atoms with E-state index in [-0.39, 0.29) is 5.92 Å². The zero-order valence-corrected chi connectivity index (χ0v) is 8.66. The molecule has 0 fully saturated rings. The summed E-state index contributed by atoms with van der Waals surface area (Å²) in [6.45, 7) is 2.09. The highest BCUT2D eigenvalue weighted by atomic mass is 16.4. The van der Waals surface area contributed by atoms with Crippen LogP contribution in [0.5, 0.6) is 0 Å². The molecule has 0 radical (unpaired) electrons. The van der Waals surface area contributed by atoms with Gasteiger partial charge in [-0.05, 0) is 6.42 Å². The van der Waals surface area contributed by atoms with Gasteiger partial charge in [0.2, 0.25) is 0 Å². The molecule has 1 aliphatic heterocycles. The molecule has 1 aliphatic rings. The number of hydrogen-bond donors (Lipinski definition) is 3. The summed E-state index contributed by atoms with van der Waals surface area (Å²) in [7, 11) is 0. The Bertz CT molecular complexity index is 327. The maximum atomic E-state index is 10.4. The van der Waals surface area contributed by atoms with Crippen LogP contribution in [0.3, 0.4) is 0 Å². The lowest BCUT2D eigenvalue weighted by Crippen LogP contribution is -2.28. The number of carboxylic acids is 1. The second-order valence-electron chi connectivity index (χ2n) is 3.41. The minimum atomic E-state index is -1.10. The molecule has 2 unspecified atom stereocenters. The van der Waals surface area contributed by atoms with Crippen molar-refractivity contribution >= 4 is 11.8 Å². The summed E-state index contributed by atoms with van der Waals surface area (Å²) < 4.78 is 0. The first-order chi connectivity index (χ1) is 7.15. The molecule has 2 atom stereocenters. The molecule has 0 aromatic heterocycles. The van der Waals surface area contributed by atoms with Crippen LogP contribution in [0, 0.1) is 17.8 Å². The van der Waals surface area contributed by atoms with Gasteiger partial charge in [0.05, 0.1) is 5.92 Å².